The molecule has 4 heterocycles. The van der Waals surface area contributed by atoms with Gasteiger partial charge >= 0.3 is 0 Å². The van der Waals surface area contributed by atoms with Gasteiger partial charge in [-0.2, -0.15) is 0 Å². The predicted octanol–water partition coefficient (Wildman–Crippen LogP) is 3.93. The Morgan fingerprint density at radius 2 is 1.91 bits per heavy atom. The molecule has 0 atom stereocenters. The number of aromatic nitrogens is 3. The van der Waals surface area contributed by atoms with E-state index >= 15 is 0 Å². The lowest BCUT2D eigenvalue weighted by Crippen LogP contribution is -2.36. The fourth-order valence-corrected chi connectivity index (χ4v) is 4.69. The first-order valence-corrected chi connectivity index (χ1v) is 11.8. The van der Waals surface area contributed by atoms with Gasteiger partial charge < -0.3 is 19.5 Å². The van der Waals surface area contributed by atoms with Crippen LogP contribution in [0.4, 0.5) is 11.4 Å². The molecule has 0 spiro atoms. The van der Waals surface area contributed by atoms with Gasteiger partial charge in [-0.25, -0.2) is 4.98 Å². The summed E-state index contributed by atoms with van der Waals surface area (Å²) in [5, 5.41) is 3.43. The summed E-state index contributed by atoms with van der Waals surface area (Å²) in [6, 6.07) is 15.0. The minimum atomic E-state index is -0.256. The molecule has 1 aromatic carbocycles. The molecule has 1 saturated heterocycles. The van der Waals surface area contributed by atoms with Crippen molar-refractivity contribution >= 4 is 34.0 Å². The molecule has 1 aliphatic rings. The molecule has 34 heavy (non-hydrogen) atoms. The number of nitrogens with one attached hydrogen (secondary N) is 1. The summed E-state index contributed by atoms with van der Waals surface area (Å²) in [6.07, 6.45) is 4.87. The molecular formula is C26H29N5O3. The number of anilines is 2. The zero-order valence-corrected chi connectivity index (χ0v) is 19.5. The van der Waals surface area contributed by atoms with Crippen molar-refractivity contribution in [3.05, 3.63) is 70.8 Å². The number of hydrogen-bond acceptors (Lipinski definition) is 5. The zero-order chi connectivity index (χ0) is 23.7. The highest BCUT2D eigenvalue weighted by Crippen LogP contribution is 2.24. The molecule has 3 aromatic heterocycles. The van der Waals surface area contributed by atoms with Gasteiger partial charge in [0, 0.05) is 44.3 Å². The van der Waals surface area contributed by atoms with E-state index in [1.54, 1.807) is 31.5 Å². The number of nitrogens with zero attached hydrogens (tertiary/aromatic N) is 4. The summed E-state index contributed by atoms with van der Waals surface area (Å²) < 4.78 is 8.81. The predicted molar refractivity (Wildman–Crippen MR) is 134 cm³/mol. The standard InChI is InChI=1S/C26H29N5O3/c1-3-13-30-22(17-21-24(30)28-23-6-4-5-14-31(23)26(21)33)25(32)27-18-7-9-19(10-8-18)29-15-11-20(34-2)12-16-29/h4-10,14,17,20H,3,11-13,15-16H2,1-2H3,(H,27,32). The first-order chi connectivity index (χ1) is 16.6. The van der Waals surface area contributed by atoms with Gasteiger partial charge in [-0.15, -0.1) is 0 Å². The number of amides is 1. The third-order valence-corrected chi connectivity index (χ3v) is 6.52. The van der Waals surface area contributed by atoms with Crippen LogP contribution in [-0.2, 0) is 11.3 Å². The number of fused-ring (bicyclic) bond motifs is 2. The Balaban J connectivity index is 1.41. The van der Waals surface area contributed by atoms with Crippen LogP contribution < -0.4 is 15.8 Å². The molecule has 0 bridgehead atoms. The second kappa shape index (κ2) is 9.30. The van der Waals surface area contributed by atoms with Crippen molar-refractivity contribution in [1.29, 1.82) is 0 Å². The Morgan fingerprint density at radius 1 is 1.15 bits per heavy atom. The van der Waals surface area contributed by atoms with E-state index in [0.717, 1.165) is 38.0 Å². The zero-order valence-electron chi connectivity index (χ0n) is 19.5. The molecule has 0 radical (unpaired) electrons. The first kappa shape index (κ1) is 22.2. The molecule has 8 heteroatoms. The monoisotopic (exact) mass is 459 g/mol. The number of carbonyl (C=O) groups excluding carboxylic acids is 1. The van der Waals surface area contributed by atoms with Crippen LogP contribution >= 0.6 is 0 Å². The molecule has 1 fully saturated rings. The number of carbonyl (C=O) groups is 1. The molecule has 1 amide bonds. The van der Waals surface area contributed by atoms with E-state index < -0.39 is 0 Å². The lowest BCUT2D eigenvalue weighted by Gasteiger charge is -2.33. The highest BCUT2D eigenvalue weighted by Gasteiger charge is 2.21. The highest BCUT2D eigenvalue weighted by molar-refractivity contribution is 6.06. The fraction of sp³-hybridized carbons (Fsp3) is 0.346. The van der Waals surface area contributed by atoms with E-state index in [9.17, 15) is 9.59 Å². The number of pyridine rings is 1. The van der Waals surface area contributed by atoms with Crippen molar-refractivity contribution in [2.75, 3.05) is 30.4 Å². The van der Waals surface area contributed by atoms with Crippen molar-refractivity contribution in [3.8, 4) is 0 Å². The molecule has 1 N–H and O–H groups in total. The average molecular weight is 460 g/mol. The van der Waals surface area contributed by atoms with Gasteiger partial charge in [0.1, 0.15) is 17.0 Å². The number of aryl methyl sites for hydroxylation is 1. The smallest absolute Gasteiger partial charge is 0.272 e. The second-order valence-corrected chi connectivity index (χ2v) is 8.69. The molecule has 176 valence electrons. The minimum Gasteiger partial charge on any atom is -0.381 e. The molecule has 1 aliphatic heterocycles. The summed E-state index contributed by atoms with van der Waals surface area (Å²) in [6.45, 7) is 4.55. The van der Waals surface area contributed by atoms with Gasteiger partial charge in [0.15, 0.2) is 0 Å². The normalized spacial score (nSPS) is 14.7. The van der Waals surface area contributed by atoms with Gasteiger partial charge in [-0.1, -0.05) is 13.0 Å². The second-order valence-electron chi connectivity index (χ2n) is 8.69. The SMILES string of the molecule is CCCn1c(C(=O)Nc2ccc(N3CCC(OC)CC3)cc2)cc2c(=O)n3ccccc3nc21. The number of ether oxygens (including phenoxy) is 1. The van der Waals surface area contributed by atoms with Crippen molar-refractivity contribution in [3.63, 3.8) is 0 Å². The Kier molecular flexibility index (Phi) is 6.06. The molecule has 5 rings (SSSR count). The van der Waals surface area contributed by atoms with Crippen molar-refractivity contribution in [2.24, 2.45) is 0 Å². The van der Waals surface area contributed by atoms with Crippen molar-refractivity contribution in [2.45, 2.75) is 38.8 Å². The molecule has 4 aromatic rings. The quantitative estimate of drug-likeness (QED) is 0.473. The van der Waals surface area contributed by atoms with Gasteiger partial charge in [-0.3, -0.25) is 14.0 Å². The Hall–Kier alpha value is -3.65. The highest BCUT2D eigenvalue weighted by atomic mass is 16.5. The third kappa shape index (κ3) is 4.05. The van der Waals surface area contributed by atoms with Crippen LogP contribution in [-0.4, -0.2) is 46.2 Å². The summed E-state index contributed by atoms with van der Waals surface area (Å²) in [7, 11) is 1.77. The van der Waals surface area contributed by atoms with E-state index in [1.165, 1.54) is 4.40 Å². The summed E-state index contributed by atoms with van der Waals surface area (Å²) in [5.41, 5.74) is 3.21. The van der Waals surface area contributed by atoms with E-state index in [1.807, 2.05) is 41.8 Å². The largest absolute Gasteiger partial charge is 0.381 e. The summed E-state index contributed by atoms with van der Waals surface area (Å²) in [5.74, 6) is -0.256. The van der Waals surface area contributed by atoms with Crippen LogP contribution in [0.25, 0.3) is 16.7 Å². The topological polar surface area (TPSA) is 80.9 Å². The molecule has 8 nitrogen and oxygen atoms in total. The van der Waals surface area contributed by atoms with E-state index in [4.69, 9.17) is 4.74 Å². The van der Waals surface area contributed by atoms with Crippen LogP contribution in [0.1, 0.15) is 36.7 Å². The van der Waals surface area contributed by atoms with Crippen LogP contribution in [0.2, 0.25) is 0 Å². The van der Waals surface area contributed by atoms with E-state index in [0.29, 0.717) is 40.7 Å². The van der Waals surface area contributed by atoms with Gasteiger partial charge in [-0.05, 0) is 61.7 Å². The van der Waals surface area contributed by atoms with Gasteiger partial charge in [0.05, 0.1) is 11.5 Å². The number of benzene rings is 1. The van der Waals surface area contributed by atoms with Crippen LogP contribution in [0.5, 0.6) is 0 Å². The maximum atomic E-state index is 13.2. The molecule has 0 unspecified atom stereocenters. The minimum absolute atomic E-state index is 0.175. The number of piperidine rings is 1. The summed E-state index contributed by atoms with van der Waals surface area (Å²) in [4.78, 5) is 33.3. The maximum Gasteiger partial charge on any atom is 0.272 e. The number of methoxy groups -OCH3 is 1. The fourth-order valence-electron chi connectivity index (χ4n) is 4.69. The molecule has 0 aliphatic carbocycles. The lowest BCUT2D eigenvalue weighted by atomic mass is 10.1. The third-order valence-electron chi connectivity index (χ3n) is 6.52. The number of rotatable bonds is 6. The average Bonchev–Trinajstić information content (AvgIpc) is 3.24. The van der Waals surface area contributed by atoms with E-state index in [-0.39, 0.29) is 11.5 Å². The first-order valence-electron chi connectivity index (χ1n) is 11.8. The van der Waals surface area contributed by atoms with Crippen LogP contribution in [0.15, 0.2) is 59.5 Å². The van der Waals surface area contributed by atoms with Crippen LogP contribution in [0.3, 0.4) is 0 Å². The number of hydrogen-bond donors (Lipinski definition) is 1. The van der Waals surface area contributed by atoms with Crippen LogP contribution in [0, 0.1) is 0 Å². The maximum absolute atomic E-state index is 13.2. The Morgan fingerprint density at radius 3 is 2.62 bits per heavy atom. The van der Waals surface area contributed by atoms with Crippen molar-refractivity contribution in [1.82, 2.24) is 14.0 Å². The Labute approximate surface area is 197 Å². The Bertz CT molecular complexity index is 1380. The summed E-state index contributed by atoms with van der Waals surface area (Å²) >= 11 is 0. The van der Waals surface area contributed by atoms with E-state index in [2.05, 4.69) is 15.2 Å². The van der Waals surface area contributed by atoms with Crippen molar-refractivity contribution < 1.29 is 9.53 Å². The van der Waals surface area contributed by atoms with Gasteiger partial charge in [0.2, 0.25) is 0 Å². The lowest BCUT2D eigenvalue weighted by molar-refractivity contribution is 0.0819. The molecule has 0 saturated carbocycles. The van der Waals surface area contributed by atoms with Gasteiger partial charge in [0.25, 0.3) is 11.5 Å². The molecular weight excluding hydrogens is 430 g/mol.